The number of carbonyl (C=O) groups is 2. The van der Waals surface area contributed by atoms with Gasteiger partial charge in [-0.2, -0.15) is 0 Å². The predicted octanol–water partition coefficient (Wildman–Crippen LogP) is 1.02. The van der Waals surface area contributed by atoms with Crippen LogP contribution in [0.2, 0.25) is 0 Å². The van der Waals surface area contributed by atoms with Gasteiger partial charge in [0.15, 0.2) is 0 Å². The highest BCUT2D eigenvalue weighted by Gasteiger charge is 2.23. The Morgan fingerprint density at radius 2 is 2.05 bits per heavy atom. The van der Waals surface area contributed by atoms with Crippen LogP contribution in [0.1, 0.15) is 23.2 Å². The first-order valence-electron chi connectivity index (χ1n) is 6.32. The highest BCUT2D eigenvalue weighted by molar-refractivity contribution is 6.06. The number of fused-ring (bicyclic) bond motifs is 1. The molecule has 0 bridgehead atoms. The van der Waals surface area contributed by atoms with Gasteiger partial charge in [0.25, 0.3) is 5.91 Å². The van der Waals surface area contributed by atoms with Crippen LogP contribution in [0.5, 0.6) is 0 Å². The summed E-state index contributed by atoms with van der Waals surface area (Å²) in [5.41, 5.74) is 6.66. The van der Waals surface area contributed by atoms with E-state index in [0.717, 1.165) is 23.7 Å². The number of primary amides is 1. The lowest BCUT2D eigenvalue weighted by atomic mass is 10.2. The quantitative estimate of drug-likeness (QED) is 0.857. The van der Waals surface area contributed by atoms with Crippen molar-refractivity contribution in [1.29, 1.82) is 0 Å². The van der Waals surface area contributed by atoms with Gasteiger partial charge in [0.2, 0.25) is 5.91 Å². The molecular formula is C14H15N3O2. The molecule has 1 fully saturated rings. The zero-order valence-corrected chi connectivity index (χ0v) is 10.4. The molecular weight excluding hydrogens is 242 g/mol. The number of amides is 2. The zero-order chi connectivity index (χ0) is 13.4. The van der Waals surface area contributed by atoms with Crippen LogP contribution in [0.3, 0.4) is 0 Å². The molecule has 0 unspecified atom stereocenters. The molecule has 1 aromatic carbocycles. The highest BCUT2D eigenvalue weighted by atomic mass is 16.2. The van der Waals surface area contributed by atoms with E-state index in [1.165, 1.54) is 0 Å². The third-order valence-corrected chi connectivity index (χ3v) is 3.31. The second kappa shape index (κ2) is 4.42. The van der Waals surface area contributed by atoms with Crippen molar-refractivity contribution in [3.63, 3.8) is 0 Å². The number of para-hydroxylation sites is 1. The topological polar surface area (TPSA) is 77.1 Å². The second-order valence-electron chi connectivity index (χ2n) is 4.89. The van der Waals surface area contributed by atoms with Crippen molar-refractivity contribution < 1.29 is 9.59 Å². The Morgan fingerprint density at radius 3 is 2.74 bits per heavy atom. The molecule has 3 N–H and O–H groups in total. The predicted molar refractivity (Wildman–Crippen MR) is 71.6 cm³/mol. The smallest absolute Gasteiger partial charge is 0.250 e. The van der Waals surface area contributed by atoms with Crippen LogP contribution in [-0.4, -0.2) is 22.4 Å². The van der Waals surface area contributed by atoms with Gasteiger partial charge < -0.3 is 15.6 Å². The number of nitrogens with one attached hydrogen (secondary N) is 1. The molecule has 5 heteroatoms. The van der Waals surface area contributed by atoms with Crippen molar-refractivity contribution in [1.82, 2.24) is 9.88 Å². The number of rotatable bonds is 4. The average molecular weight is 257 g/mol. The summed E-state index contributed by atoms with van der Waals surface area (Å²) >= 11 is 0. The Kier molecular flexibility index (Phi) is 2.74. The summed E-state index contributed by atoms with van der Waals surface area (Å²) in [4.78, 5) is 23.2. The van der Waals surface area contributed by atoms with E-state index >= 15 is 0 Å². The number of benzene rings is 1. The lowest BCUT2D eigenvalue weighted by Crippen LogP contribution is -2.29. The van der Waals surface area contributed by atoms with Gasteiger partial charge in [-0.3, -0.25) is 9.59 Å². The van der Waals surface area contributed by atoms with Gasteiger partial charge in [-0.1, -0.05) is 18.2 Å². The minimum Gasteiger partial charge on any atom is -0.366 e. The Hall–Kier alpha value is -2.30. The largest absolute Gasteiger partial charge is 0.366 e. The maximum Gasteiger partial charge on any atom is 0.250 e. The van der Waals surface area contributed by atoms with Crippen LogP contribution in [0.4, 0.5) is 0 Å². The van der Waals surface area contributed by atoms with Crippen molar-refractivity contribution in [2.45, 2.75) is 25.4 Å². The summed E-state index contributed by atoms with van der Waals surface area (Å²) in [6.45, 7) is 0.213. The zero-order valence-electron chi connectivity index (χ0n) is 10.4. The molecule has 0 aliphatic heterocycles. The van der Waals surface area contributed by atoms with E-state index in [4.69, 9.17) is 5.73 Å². The van der Waals surface area contributed by atoms with E-state index < -0.39 is 5.91 Å². The van der Waals surface area contributed by atoms with E-state index in [9.17, 15) is 9.59 Å². The van der Waals surface area contributed by atoms with Crippen molar-refractivity contribution in [3.8, 4) is 0 Å². The third-order valence-electron chi connectivity index (χ3n) is 3.31. The Labute approximate surface area is 110 Å². The third kappa shape index (κ3) is 2.31. The first-order chi connectivity index (χ1) is 9.15. The minimum absolute atomic E-state index is 0.0285. The van der Waals surface area contributed by atoms with Crippen LogP contribution in [0, 0.1) is 0 Å². The second-order valence-corrected chi connectivity index (χ2v) is 4.89. The van der Waals surface area contributed by atoms with E-state index in [-0.39, 0.29) is 12.5 Å². The summed E-state index contributed by atoms with van der Waals surface area (Å²) in [7, 11) is 0. The molecule has 0 spiro atoms. The molecule has 2 aromatic rings. The summed E-state index contributed by atoms with van der Waals surface area (Å²) < 4.78 is 1.77. The fourth-order valence-corrected chi connectivity index (χ4v) is 2.23. The van der Waals surface area contributed by atoms with E-state index in [0.29, 0.717) is 11.6 Å². The normalized spacial score (nSPS) is 14.5. The fraction of sp³-hybridized carbons (Fsp3) is 0.286. The molecule has 5 nitrogen and oxygen atoms in total. The van der Waals surface area contributed by atoms with Crippen molar-refractivity contribution in [3.05, 3.63) is 36.0 Å². The maximum atomic E-state index is 11.8. The summed E-state index contributed by atoms with van der Waals surface area (Å²) in [6, 6.07) is 7.79. The van der Waals surface area contributed by atoms with Crippen LogP contribution in [-0.2, 0) is 11.3 Å². The van der Waals surface area contributed by atoms with Gasteiger partial charge in [0.05, 0.1) is 5.56 Å². The summed E-state index contributed by atoms with van der Waals surface area (Å²) in [5.74, 6) is -0.503. The van der Waals surface area contributed by atoms with E-state index in [2.05, 4.69) is 5.32 Å². The van der Waals surface area contributed by atoms with Crippen molar-refractivity contribution in [2.75, 3.05) is 0 Å². The molecule has 0 radical (unpaired) electrons. The summed E-state index contributed by atoms with van der Waals surface area (Å²) in [5, 5.41) is 3.72. The first-order valence-corrected chi connectivity index (χ1v) is 6.32. The molecule has 3 rings (SSSR count). The average Bonchev–Trinajstić information content (AvgIpc) is 3.10. The number of hydrogen-bond donors (Lipinski definition) is 2. The number of nitrogens with two attached hydrogens (primary N) is 1. The SMILES string of the molecule is NC(=O)c1cn(CC(=O)NC2CC2)c2ccccc12. The van der Waals surface area contributed by atoms with E-state index in [1.807, 2.05) is 24.3 Å². The molecule has 19 heavy (non-hydrogen) atoms. The maximum absolute atomic E-state index is 11.8. The summed E-state index contributed by atoms with van der Waals surface area (Å²) in [6.07, 6.45) is 3.77. The van der Waals surface area contributed by atoms with Gasteiger partial charge in [-0.25, -0.2) is 0 Å². The lowest BCUT2D eigenvalue weighted by molar-refractivity contribution is -0.121. The monoisotopic (exact) mass is 257 g/mol. The highest BCUT2D eigenvalue weighted by Crippen LogP contribution is 2.22. The Bertz CT molecular complexity index is 656. The molecule has 0 saturated heterocycles. The van der Waals surface area contributed by atoms with Crippen LogP contribution >= 0.6 is 0 Å². The number of aromatic nitrogens is 1. The van der Waals surface area contributed by atoms with Gasteiger partial charge in [0, 0.05) is 23.1 Å². The number of hydrogen-bond acceptors (Lipinski definition) is 2. The van der Waals surface area contributed by atoms with Crippen molar-refractivity contribution >= 4 is 22.7 Å². The Balaban J connectivity index is 1.93. The molecule has 2 amide bonds. The molecule has 98 valence electrons. The fourth-order valence-electron chi connectivity index (χ4n) is 2.23. The molecule has 1 aliphatic carbocycles. The van der Waals surface area contributed by atoms with Crippen molar-refractivity contribution in [2.24, 2.45) is 5.73 Å². The standard InChI is InChI=1S/C14H15N3O2/c15-14(19)11-7-17(8-13(18)16-9-5-6-9)12-4-2-1-3-10(11)12/h1-4,7,9H,5-6,8H2,(H2,15,19)(H,16,18). The van der Waals surface area contributed by atoms with Gasteiger partial charge in [-0.15, -0.1) is 0 Å². The van der Waals surface area contributed by atoms with Gasteiger partial charge in [0.1, 0.15) is 6.54 Å². The van der Waals surface area contributed by atoms with Gasteiger partial charge >= 0.3 is 0 Å². The Morgan fingerprint density at radius 1 is 1.32 bits per heavy atom. The lowest BCUT2D eigenvalue weighted by Gasteiger charge is -2.05. The molecule has 1 aromatic heterocycles. The molecule has 1 heterocycles. The van der Waals surface area contributed by atoms with Crippen LogP contribution < -0.4 is 11.1 Å². The number of carbonyl (C=O) groups excluding carboxylic acids is 2. The van der Waals surface area contributed by atoms with E-state index in [1.54, 1.807) is 10.8 Å². The molecule has 1 saturated carbocycles. The number of nitrogens with zero attached hydrogens (tertiary/aromatic N) is 1. The first kappa shape index (κ1) is 11.8. The van der Waals surface area contributed by atoms with Gasteiger partial charge in [-0.05, 0) is 18.9 Å². The molecule has 0 atom stereocenters. The molecule has 1 aliphatic rings. The van der Waals surface area contributed by atoms with Crippen LogP contribution in [0.25, 0.3) is 10.9 Å². The minimum atomic E-state index is -0.474. The van der Waals surface area contributed by atoms with Crippen LogP contribution in [0.15, 0.2) is 30.5 Å².